The van der Waals surface area contributed by atoms with Crippen molar-refractivity contribution < 1.29 is 4.74 Å². The highest BCUT2D eigenvalue weighted by Crippen LogP contribution is 2.14. The average Bonchev–Trinajstić information content (AvgIpc) is 2.29. The lowest BCUT2D eigenvalue weighted by Gasteiger charge is -2.21. The molecule has 1 atom stereocenters. The van der Waals surface area contributed by atoms with Gasteiger partial charge >= 0.3 is 0 Å². The monoisotopic (exact) mass is 226 g/mol. The molecule has 1 aliphatic heterocycles. The zero-order valence-electron chi connectivity index (χ0n) is 10.5. The zero-order valence-corrected chi connectivity index (χ0v) is 11.9. The molecule has 0 aliphatic carbocycles. The molecule has 0 amide bonds. The molecule has 0 bridgehead atoms. The van der Waals surface area contributed by atoms with E-state index in [2.05, 4.69) is 6.92 Å². The molecule has 0 aromatic carbocycles. The van der Waals surface area contributed by atoms with Crippen LogP contribution in [0.2, 0.25) is 5.28 Å². The summed E-state index contributed by atoms with van der Waals surface area (Å²) in [5, 5.41) is 1.52. The van der Waals surface area contributed by atoms with Crippen LogP contribution >= 0.6 is 0 Å². The molecule has 1 heterocycles. The Morgan fingerprint density at radius 3 is 2.60 bits per heavy atom. The van der Waals surface area contributed by atoms with E-state index < -0.39 is 0 Å². The Morgan fingerprint density at radius 1 is 1.07 bits per heavy atom. The highest BCUT2D eigenvalue weighted by Gasteiger charge is 2.14. The molecule has 0 saturated carbocycles. The van der Waals surface area contributed by atoms with Gasteiger partial charge in [-0.05, 0) is 19.3 Å². The van der Waals surface area contributed by atoms with E-state index in [0.717, 1.165) is 11.6 Å². The zero-order chi connectivity index (χ0) is 10.8. The smallest absolute Gasteiger partial charge is 0.282 e. The molecular weight excluding hydrogens is 199 g/mol. The van der Waals surface area contributed by atoms with Crippen LogP contribution in [-0.2, 0) is 4.74 Å². The molecule has 15 heavy (non-hydrogen) atoms. The molecule has 0 aromatic heterocycles. The lowest BCUT2D eigenvalue weighted by Crippen LogP contribution is -2.25. The fraction of sp³-hybridized carbons (Fsp3) is 1.00. The van der Waals surface area contributed by atoms with E-state index in [0.29, 0.717) is 0 Å². The summed E-state index contributed by atoms with van der Waals surface area (Å²) >= 11 is 0.104. The lowest BCUT2D eigenvalue weighted by molar-refractivity contribution is 0.0649. The normalized spacial score (nSPS) is 21.5. The number of unbranched alkanes of at least 4 members (excludes halogenated alkanes) is 5. The van der Waals surface area contributed by atoms with Crippen molar-refractivity contribution in [3.63, 3.8) is 0 Å². The fourth-order valence-corrected chi connectivity index (χ4v) is 4.37. The van der Waals surface area contributed by atoms with Crippen molar-refractivity contribution in [1.29, 1.82) is 0 Å². The summed E-state index contributed by atoms with van der Waals surface area (Å²) in [6.07, 6.45) is 12.8. The Morgan fingerprint density at radius 2 is 1.87 bits per heavy atom. The van der Waals surface area contributed by atoms with Gasteiger partial charge in [-0.3, -0.25) is 0 Å². The highest BCUT2D eigenvalue weighted by molar-refractivity contribution is 6.37. The van der Waals surface area contributed by atoms with Gasteiger partial charge in [-0.2, -0.15) is 0 Å². The molecule has 1 nitrogen and oxygen atoms in total. The summed E-state index contributed by atoms with van der Waals surface area (Å²) in [6.45, 7) is 3.33. The molecule has 2 heteroatoms. The highest BCUT2D eigenvalue weighted by atomic mass is 27.1. The maximum atomic E-state index is 5.78. The average molecular weight is 226 g/mol. The fourth-order valence-electron chi connectivity index (χ4n) is 2.36. The van der Waals surface area contributed by atoms with E-state index in [1.165, 1.54) is 63.1 Å². The molecule has 0 N–H and O–H groups in total. The van der Waals surface area contributed by atoms with Crippen LogP contribution < -0.4 is 0 Å². The molecule has 0 spiro atoms. The molecular formula is C13H27AlO. The van der Waals surface area contributed by atoms with Crippen molar-refractivity contribution in [2.24, 2.45) is 0 Å². The third kappa shape index (κ3) is 7.39. The Kier molecular flexibility index (Phi) is 8.77. The molecule has 88 valence electrons. The van der Waals surface area contributed by atoms with Gasteiger partial charge in [-0.15, -0.1) is 0 Å². The van der Waals surface area contributed by atoms with Gasteiger partial charge in [0.2, 0.25) is 0 Å². The molecule has 0 radical (unpaired) electrons. The molecule has 1 aliphatic rings. The Hall–Kier alpha value is 0.492. The largest absolute Gasteiger partial charge is 0.394 e. The van der Waals surface area contributed by atoms with Crippen LogP contribution in [0.4, 0.5) is 0 Å². The topological polar surface area (TPSA) is 9.23 Å². The van der Waals surface area contributed by atoms with Gasteiger partial charge in [-0.25, -0.2) is 0 Å². The van der Waals surface area contributed by atoms with Gasteiger partial charge < -0.3 is 4.74 Å². The van der Waals surface area contributed by atoms with Crippen LogP contribution in [0.15, 0.2) is 0 Å². The van der Waals surface area contributed by atoms with Crippen LogP contribution in [0.5, 0.6) is 0 Å². The molecule has 1 unspecified atom stereocenters. The van der Waals surface area contributed by atoms with Crippen molar-refractivity contribution in [3.05, 3.63) is 0 Å². The number of hydrogen-bond donors (Lipinski definition) is 0. The molecule has 1 saturated heterocycles. The first-order valence-electron chi connectivity index (χ1n) is 7.05. The molecule has 0 aromatic rings. The summed E-state index contributed by atoms with van der Waals surface area (Å²) in [4.78, 5) is 0.745. The van der Waals surface area contributed by atoms with Gasteiger partial charge in [0.1, 0.15) is 0 Å². The van der Waals surface area contributed by atoms with Gasteiger partial charge in [0.25, 0.3) is 15.2 Å². The van der Waals surface area contributed by atoms with Crippen molar-refractivity contribution >= 4 is 15.2 Å². The van der Waals surface area contributed by atoms with Crippen LogP contribution in [0, 0.1) is 0 Å². The third-order valence-corrected chi connectivity index (χ3v) is 5.60. The first kappa shape index (κ1) is 13.6. The van der Waals surface area contributed by atoms with E-state index in [-0.39, 0.29) is 15.2 Å². The number of rotatable bonds is 8. The summed E-state index contributed by atoms with van der Waals surface area (Å²) in [7, 11) is 0. The Bertz CT molecular complexity index is 132. The Balaban J connectivity index is 1.79. The minimum absolute atomic E-state index is 0.104. The standard InChI is InChI=1S/C8H17.C5H9O.Al.H/c1-3-5-7-8-6-4-2;1-2-4-6-5-3-1;;/h1,3-8H2,2H3;4H,1-3,5H2;;. The summed E-state index contributed by atoms with van der Waals surface area (Å²) < 4.78 is 5.78. The van der Waals surface area contributed by atoms with Crippen molar-refractivity contribution in [2.45, 2.75) is 75.0 Å². The van der Waals surface area contributed by atoms with Gasteiger partial charge in [-0.1, -0.05) is 50.7 Å². The van der Waals surface area contributed by atoms with Crippen LogP contribution in [0.1, 0.15) is 64.7 Å². The second-order valence-electron chi connectivity index (χ2n) is 4.90. The predicted molar refractivity (Wildman–Crippen MR) is 68.9 cm³/mol. The van der Waals surface area contributed by atoms with Gasteiger partial charge in [0.05, 0.1) is 0 Å². The van der Waals surface area contributed by atoms with Crippen molar-refractivity contribution in [2.75, 3.05) is 6.61 Å². The minimum Gasteiger partial charge on any atom is -0.394 e. The van der Waals surface area contributed by atoms with Crippen LogP contribution in [0.3, 0.4) is 0 Å². The first-order valence-corrected chi connectivity index (χ1v) is 8.86. The van der Waals surface area contributed by atoms with Gasteiger partial charge in [0, 0.05) is 11.6 Å². The quantitative estimate of drug-likeness (QED) is 0.452. The number of ether oxygens (including phenoxy) is 1. The van der Waals surface area contributed by atoms with E-state index >= 15 is 0 Å². The minimum atomic E-state index is 0.104. The lowest BCUT2D eigenvalue weighted by atomic mass is 10.1. The van der Waals surface area contributed by atoms with Crippen LogP contribution in [-0.4, -0.2) is 26.8 Å². The maximum Gasteiger partial charge on any atom is 0.282 e. The van der Waals surface area contributed by atoms with E-state index in [1.807, 2.05) is 0 Å². The predicted octanol–water partition coefficient (Wildman–Crippen LogP) is 3.73. The number of hydrogen-bond acceptors (Lipinski definition) is 1. The second kappa shape index (κ2) is 9.70. The van der Waals surface area contributed by atoms with E-state index in [1.54, 1.807) is 0 Å². The first-order chi connectivity index (χ1) is 7.43. The van der Waals surface area contributed by atoms with Gasteiger partial charge in [0.15, 0.2) is 0 Å². The molecule has 1 fully saturated rings. The van der Waals surface area contributed by atoms with Crippen LogP contribution in [0.25, 0.3) is 0 Å². The van der Waals surface area contributed by atoms with E-state index in [4.69, 9.17) is 4.74 Å². The SMILES string of the molecule is CCCCCCC[CH2][AlH][CH]1CCCCO1. The molecule has 1 rings (SSSR count). The third-order valence-electron chi connectivity index (χ3n) is 3.40. The summed E-state index contributed by atoms with van der Waals surface area (Å²) in [6, 6.07) is 0. The van der Waals surface area contributed by atoms with Crippen molar-refractivity contribution in [3.8, 4) is 0 Å². The van der Waals surface area contributed by atoms with Crippen molar-refractivity contribution in [1.82, 2.24) is 0 Å². The maximum absolute atomic E-state index is 5.78. The summed E-state index contributed by atoms with van der Waals surface area (Å²) in [5.74, 6) is 0. The Labute approximate surface area is 102 Å². The second-order valence-corrected chi connectivity index (χ2v) is 7.09. The summed E-state index contributed by atoms with van der Waals surface area (Å²) in [5.41, 5.74) is 0. The van der Waals surface area contributed by atoms with E-state index in [9.17, 15) is 0 Å².